The number of nitrogens with zero attached hydrogens (tertiary/aromatic N) is 3. The summed E-state index contributed by atoms with van der Waals surface area (Å²) in [7, 11) is 0. The maximum atomic E-state index is 12.8. The van der Waals surface area contributed by atoms with Crippen LogP contribution in [0.4, 0.5) is 0 Å². The number of rotatable bonds is 16. The van der Waals surface area contributed by atoms with Crippen molar-refractivity contribution < 1.29 is 54.4 Å². The van der Waals surface area contributed by atoms with Gasteiger partial charge in [0.1, 0.15) is 6.04 Å². The first-order chi connectivity index (χ1) is 16.1. The summed E-state index contributed by atoms with van der Waals surface area (Å²) in [4.78, 5) is 58.9. The zero-order valence-electron chi connectivity index (χ0n) is 18.8. The van der Waals surface area contributed by atoms with Crippen molar-refractivity contribution in [3.05, 3.63) is 0 Å². The minimum Gasteiger partial charge on any atom is -0.464 e. The van der Waals surface area contributed by atoms with E-state index in [-0.39, 0.29) is 62.4 Å². The lowest BCUT2D eigenvalue weighted by molar-refractivity contribution is -0.492. The molecular formula is C18H32N4O11S. The number of nitrogens with one attached hydrogen (secondary N) is 1. The van der Waals surface area contributed by atoms with E-state index < -0.39 is 34.6 Å². The van der Waals surface area contributed by atoms with Crippen LogP contribution >= 0.6 is 11.8 Å². The van der Waals surface area contributed by atoms with E-state index in [4.69, 9.17) is 25.6 Å². The van der Waals surface area contributed by atoms with E-state index in [2.05, 4.69) is 15.0 Å². The molecule has 5 N–H and O–H groups in total. The highest BCUT2D eigenvalue weighted by molar-refractivity contribution is 8.13. The smallest absolute Gasteiger partial charge is 0.328 e. The third-order valence-electron chi connectivity index (χ3n) is 4.65. The fourth-order valence-corrected chi connectivity index (χ4v) is 3.76. The molecule has 1 heterocycles. The monoisotopic (exact) mass is 512 g/mol. The molecule has 1 saturated heterocycles. The Morgan fingerprint density at radius 2 is 1.71 bits per heavy atom. The molecule has 0 spiro atoms. The van der Waals surface area contributed by atoms with Gasteiger partial charge in [-0.1, -0.05) is 18.7 Å². The molecule has 0 unspecified atom stereocenters. The van der Waals surface area contributed by atoms with Gasteiger partial charge >= 0.3 is 5.97 Å². The minimum absolute atomic E-state index is 0.00876. The maximum Gasteiger partial charge on any atom is 0.328 e. The average Bonchev–Trinajstić information content (AvgIpc) is 3.27. The maximum absolute atomic E-state index is 12.8. The minimum atomic E-state index is -0.712. The highest BCUT2D eigenvalue weighted by atomic mass is 32.2. The first kappa shape index (κ1) is 30.1. The van der Waals surface area contributed by atoms with Gasteiger partial charge in [0.2, 0.25) is 16.9 Å². The summed E-state index contributed by atoms with van der Waals surface area (Å²) in [5, 5.41) is 34.8. The molecule has 2 amide bonds. The van der Waals surface area contributed by atoms with Crippen molar-refractivity contribution in [1.29, 1.82) is 0 Å². The van der Waals surface area contributed by atoms with Crippen molar-refractivity contribution >= 4 is 34.7 Å². The van der Waals surface area contributed by atoms with Crippen LogP contribution in [0.1, 0.15) is 39.0 Å². The SMILES string of the molecule is C[C@H](CSC(=O)CNC(=O)CCCON(O)O)C(=O)N1CCC[C@H]1C(=O)OCCCON(O)O. The molecule has 0 aromatic rings. The molecule has 0 aliphatic carbocycles. The zero-order chi connectivity index (χ0) is 25.5. The molecule has 1 aliphatic heterocycles. The van der Waals surface area contributed by atoms with Gasteiger partial charge in [-0.2, -0.15) is 0 Å². The van der Waals surface area contributed by atoms with Gasteiger partial charge in [-0.3, -0.25) is 44.9 Å². The molecule has 16 heteroatoms. The van der Waals surface area contributed by atoms with E-state index in [1.165, 1.54) is 4.90 Å². The number of esters is 1. The summed E-state index contributed by atoms with van der Waals surface area (Å²) < 4.78 is 5.14. The van der Waals surface area contributed by atoms with E-state index in [1.807, 2.05) is 0 Å². The van der Waals surface area contributed by atoms with E-state index in [1.54, 1.807) is 6.92 Å². The summed E-state index contributed by atoms with van der Waals surface area (Å²) in [6.07, 6.45) is 1.58. The first-order valence-corrected chi connectivity index (χ1v) is 11.6. The van der Waals surface area contributed by atoms with Crippen LogP contribution in [-0.4, -0.2) is 104 Å². The van der Waals surface area contributed by atoms with Crippen LogP contribution in [0.3, 0.4) is 0 Å². The van der Waals surface area contributed by atoms with E-state index in [9.17, 15) is 19.2 Å². The number of thioether (sulfide) groups is 1. The quantitative estimate of drug-likeness (QED) is 0.103. The molecule has 0 bridgehead atoms. The Labute approximate surface area is 200 Å². The second kappa shape index (κ2) is 16.7. The number of hydrogen-bond donors (Lipinski definition) is 5. The van der Waals surface area contributed by atoms with Gasteiger partial charge in [-0.25, -0.2) is 4.79 Å². The van der Waals surface area contributed by atoms with Crippen LogP contribution in [0, 0.1) is 5.92 Å². The van der Waals surface area contributed by atoms with Crippen molar-refractivity contribution in [3.63, 3.8) is 0 Å². The predicted molar refractivity (Wildman–Crippen MR) is 112 cm³/mol. The molecule has 34 heavy (non-hydrogen) atoms. The van der Waals surface area contributed by atoms with Crippen molar-refractivity contribution in [2.75, 3.05) is 38.7 Å². The lowest BCUT2D eigenvalue weighted by Gasteiger charge is -2.26. The molecule has 0 aromatic carbocycles. The number of hydrogen-bond acceptors (Lipinski definition) is 14. The molecule has 0 aromatic heterocycles. The normalized spacial score (nSPS) is 16.7. The lowest BCUT2D eigenvalue weighted by atomic mass is 10.1. The molecule has 1 rings (SSSR count). The van der Waals surface area contributed by atoms with Gasteiger partial charge < -0.3 is 15.0 Å². The van der Waals surface area contributed by atoms with Crippen LogP contribution in [0.25, 0.3) is 0 Å². The molecule has 1 fully saturated rings. The zero-order valence-corrected chi connectivity index (χ0v) is 19.6. The third-order valence-corrected chi connectivity index (χ3v) is 5.78. The molecule has 2 atom stereocenters. The van der Waals surface area contributed by atoms with Gasteiger partial charge in [0, 0.05) is 31.1 Å². The third kappa shape index (κ3) is 12.5. The largest absolute Gasteiger partial charge is 0.464 e. The summed E-state index contributed by atoms with van der Waals surface area (Å²) in [6.45, 7) is 1.67. The van der Waals surface area contributed by atoms with Crippen molar-refractivity contribution in [2.24, 2.45) is 5.92 Å². The number of amides is 2. The molecule has 0 radical (unpaired) electrons. The van der Waals surface area contributed by atoms with Crippen LogP contribution in [0.2, 0.25) is 0 Å². The number of carbonyl (C=O) groups excluding carboxylic acids is 4. The summed E-state index contributed by atoms with van der Waals surface area (Å²) >= 11 is 0.904. The Bertz CT molecular complexity index is 668. The molecule has 0 saturated carbocycles. The Morgan fingerprint density at radius 1 is 1.06 bits per heavy atom. The van der Waals surface area contributed by atoms with Crippen molar-refractivity contribution in [3.8, 4) is 0 Å². The van der Waals surface area contributed by atoms with Gasteiger partial charge in [-0.15, -0.1) is 0 Å². The average molecular weight is 513 g/mol. The predicted octanol–water partition coefficient (Wildman–Crippen LogP) is -0.273. The summed E-state index contributed by atoms with van der Waals surface area (Å²) in [5.74, 6) is -1.59. The van der Waals surface area contributed by atoms with Gasteiger partial charge in [0.15, 0.2) is 0 Å². The fourth-order valence-electron chi connectivity index (χ4n) is 3.01. The number of carbonyl (C=O) groups is 4. The van der Waals surface area contributed by atoms with Gasteiger partial charge in [-0.05, 0) is 19.3 Å². The van der Waals surface area contributed by atoms with E-state index >= 15 is 0 Å². The first-order valence-electron chi connectivity index (χ1n) is 10.6. The second-order valence-corrected chi connectivity index (χ2v) is 8.42. The lowest BCUT2D eigenvalue weighted by Crippen LogP contribution is -2.44. The molecule has 15 nitrogen and oxygen atoms in total. The highest BCUT2D eigenvalue weighted by Gasteiger charge is 2.37. The topological polar surface area (TPSA) is 199 Å². The van der Waals surface area contributed by atoms with Crippen LogP contribution in [0.15, 0.2) is 0 Å². The highest BCUT2D eigenvalue weighted by Crippen LogP contribution is 2.22. The van der Waals surface area contributed by atoms with E-state index in [0.717, 1.165) is 11.8 Å². The van der Waals surface area contributed by atoms with Crippen LogP contribution < -0.4 is 5.32 Å². The van der Waals surface area contributed by atoms with Gasteiger partial charge in [0.05, 0.1) is 37.1 Å². The Kier molecular flexibility index (Phi) is 14.8. The molecule has 1 aliphatic rings. The summed E-state index contributed by atoms with van der Waals surface area (Å²) in [6, 6.07) is -0.712. The van der Waals surface area contributed by atoms with Gasteiger partial charge in [0.25, 0.3) is 0 Å². The number of likely N-dealkylation sites (tertiary alicyclic amines) is 1. The Morgan fingerprint density at radius 3 is 2.35 bits per heavy atom. The van der Waals surface area contributed by atoms with Crippen LogP contribution in [-0.2, 0) is 33.6 Å². The fraction of sp³-hybridized carbons (Fsp3) is 0.778. The van der Waals surface area contributed by atoms with Crippen LogP contribution in [0.5, 0.6) is 0 Å². The van der Waals surface area contributed by atoms with Crippen molar-refractivity contribution in [2.45, 2.75) is 45.1 Å². The van der Waals surface area contributed by atoms with Crippen molar-refractivity contribution in [1.82, 2.24) is 21.0 Å². The molecular weight excluding hydrogens is 480 g/mol. The Balaban J connectivity index is 2.31. The standard InChI is InChI=1S/C18H32N4O11S/c1-13(12-34-16(24)11-19-15(23)6-3-9-32-21(27)28)17(25)20-7-2-5-14(20)18(26)31-8-4-10-33-22(29)30/h13-14,27-30H,2-12H2,1H3,(H,19,23)/t13-,14+/m1/s1. The second-order valence-electron chi connectivity index (χ2n) is 7.35. The Hall–Kier alpha value is -1.89. The summed E-state index contributed by atoms with van der Waals surface area (Å²) in [5.41, 5.74) is 0. The van der Waals surface area contributed by atoms with E-state index in [0.29, 0.717) is 19.4 Å². The molecule has 196 valence electrons. The number of ether oxygens (including phenoxy) is 1.